The third kappa shape index (κ3) is 2.72. The standard InChI is InChI=1S/C14H22N4O/c1-18(2)14(8-5-9-14)10-16-13(19)11-6-3-4-7-12(11)17-15/h3-4,6-7,17H,5,8-10,15H2,1-2H3,(H,16,19). The Morgan fingerprint density at radius 1 is 1.37 bits per heavy atom. The number of carbonyl (C=O) groups is 1. The highest BCUT2D eigenvalue weighted by Crippen LogP contribution is 2.35. The number of amides is 1. The smallest absolute Gasteiger partial charge is 0.253 e. The van der Waals surface area contributed by atoms with Crippen LogP contribution in [0.25, 0.3) is 0 Å². The maximum atomic E-state index is 12.2. The fraction of sp³-hybridized carbons (Fsp3) is 0.500. The summed E-state index contributed by atoms with van der Waals surface area (Å²) in [7, 11) is 4.14. The number of nitrogens with zero attached hydrogens (tertiary/aromatic N) is 1. The van der Waals surface area contributed by atoms with Crippen molar-refractivity contribution in [3.05, 3.63) is 29.8 Å². The number of carbonyl (C=O) groups excluding carboxylic acids is 1. The second kappa shape index (κ2) is 5.59. The second-order valence-electron chi connectivity index (χ2n) is 5.34. The van der Waals surface area contributed by atoms with Crippen LogP contribution in [0.3, 0.4) is 0 Å². The molecule has 1 fully saturated rings. The minimum Gasteiger partial charge on any atom is -0.350 e. The van der Waals surface area contributed by atoms with Crippen molar-refractivity contribution < 1.29 is 4.79 Å². The highest BCUT2D eigenvalue weighted by molar-refractivity contribution is 5.99. The maximum Gasteiger partial charge on any atom is 0.253 e. The molecule has 2 rings (SSSR count). The first-order valence-electron chi connectivity index (χ1n) is 6.60. The zero-order chi connectivity index (χ0) is 13.9. The molecule has 5 heteroatoms. The van der Waals surface area contributed by atoms with E-state index in [1.54, 1.807) is 12.1 Å². The number of nitrogens with two attached hydrogens (primary N) is 1. The Kier molecular flexibility index (Phi) is 4.07. The van der Waals surface area contributed by atoms with Crippen LogP contribution >= 0.6 is 0 Å². The number of nitrogens with one attached hydrogen (secondary N) is 2. The summed E-state index contributed by atoms with van der Waals surface area (Å²) in [6.07, 6.45) is 3.50. The van der Waals surface area contributed by atoms with Crippen LogP contribution in [-0.2, 0) is 0 Å². The molecular weight excluding hydrogens is 240 g/mol. The molecule has 1 aliphatic carbocycles. The van der Waals surface area contributed by atoms with Gasteiger partial charge in [-0.3, -0.25) is 10.6 Å². The van der Waals surface area contributed by atoms with Crippen LogP contribution in [0.1, 0.15) is 29.6 Å². The van der Waals surface area contributed by atoms with E-state index in [4.69, 9.17) is 5.84 Å². The summed E-state index contributed by atoms with van der Waals surface area (Å²) >= 11 is 0. The molecule has 1 aliphatic rings. The first kappa shape index (κ1) is 13.8. The van der Waals surface area contributed by atoms with Gasteiger partial charge in [-0.15, -0.1) is 0 Å². The average molecular weight is 262 g/mol. The number of likely N-dealkylation sites (N-methyl/N-ethyl adjacent to an activating group) is 1. The van der Waals surface area contributed by atoms with Crippen molar-refractivity contribution in [3.8, 4) is 0 Å². The average Bonchev–Trinajstić information content (AvgIpc) is 2.36. The lowest BCUT2D eigenvalue weighted by Crippen LogP contribution is -2.57. The zero-order valence-electron chi connectivity index (χ0n) is 11.6. The van der Waals surface area contributed by atoms with E-state index < -0.39 is 0 Å². The summed E-state index contributed by atoms with van der Waals surface area (Å²) in [6, 6.07) is 7.24. The SMILES string of the molecule is CN(C)C1(CNC(=O)c2ccccc2NN)CCC1. The van der Waals surface area contributed by atoms with Gasteiger partial charge < -0.3 is 15.6 Å². The molecule has 1 amide bonds. The third-order valence-corrected chi connectivity index (χ3v) is 4.14. The molecule has 0 heterocycles. The summed E-state index contributed by atoms with van der Waals surface area (Å²) in [5.41, 5.74) is 3.91. The van der Waals surface area contributed by atoms with Crippen LogP contribution in [0, 0.1) is 0 Å². The van der Waals surface area contributed by atoms with Crippen molar-refractivity contribution in [2.75, 3.05) is 26.1 Å². The van der Waals surface area contributed by atoms with E-state index in [1.165, 1.54) is 6.42 Å². The van der Waals surface area contributed by atoms with Crippen molar-refractivity contribution in [3.63, 3.8) is 0 Å². The Labute approximate surface area is 114 Å². The molecule has 4 N–H and O–H groups in total. The van der Waals surface area contributed by atoms with E-state index in [9.17, 15) is 4.79 Å². The molecule has 0 unspecified atom stereocenters. The van der Waals surface area contributed by atoms with Gasteiger partial charge >= 0.3 is 0 Å². The lowest BCUT2D eigenvalue weighted by molar-refractivity contribution is 0.0558. The van der Waals surface area contributed by atoms with Gasteiger partial charge in [0.15, 0.2) is 0 Å². The van der Waals surface area contributed by atoms with Gasteiger partial charge in [0, 0.05) is 12.1 Å². The number of anilines is 1. The minimum atomic E-state index is -0.0818. The normalized spacial score (nSPS) is 16.8. The van der Waals surface area contributed by atoms with E-state index in [2.05, 4.69) is 29.7 Å². The first-order valence-corrected chi connectivity index (χ1v) is 6.60. The van der Waals surface area contributed by atoms with Gasteiger partial charge in [-0.1, -0.05) is 12.1 Å². The molecule has 0 spiro atoms. The Hall–Kier alpha value is -1.59. The van der Waals surface area contributed by atoms with Crippen LogP contribution < -0.4 is 16.6 Å². The molecule has 1 aromatic rings. The fourth-order valence-electron chi connectivity index (χ4n) is 2.51. The van der Waals surface area contributed by atoms with Crippen molar-refractivity contribution >= 4 is 11.6 Å². The Morgan fingerprint density at radius 2 is 2.05 bits per heavy atom. The van der Waals surface area contributed by atoms with Gasteiger partial charge in [0.1, 0.15) is 0 Å². The van der Waals surface area contributed by atoms with Crippen molar-refractivity contribution in [2.45, 2.75) is 24.8 Å². The Morgan fingerprint density at radius 3 is 2.58 bits per heavy atom. The van der Waals surface area contributed by atoms with Gasteiger partial charge in [0.25, 0.3) is 5.91 Å². The predicted molar refractivity (Wildman–Crippen MR) is 76.9 cm³/mol. The highest BCUT2D eigenvalue weighted by Gasteiger charge is 2.39. The molecule has 5 nitrogen and oxygen atoms in total. The molecule has 0 aliphatic heterocycles. The van der Waals surface area contributed by atoms with Gasteiger partial charge in [-0.05, 0) is 45.5 Å². The van der Waals surface area contributed by atoms with E-state index in [0.29, 0.717) is 17.8 Å². The van der Waals surface area contributed by atoms with Gasteiger partial charge in [-0.2, -0.15) is 0 Å². The summed E-state index contributed by atoms with van der Waals surface area (Å²) in [4.78, 5) is 14.4. The van der Waals surface area contributed by atoms with Crippen molar-refractivity contribution in [1.82, 2.24) is 10.2 Å². The number of benzene rings is 1. The number of hydrazine groups is 1. The summed E-state index contributed by atoms with van der Waals surface area (Å²) < 4.78 is 0. The quantitative estimate of drug-likeness (QED) is 0.550. The second-order valence-corrected chi connectivity index (χ2v) is 5.34. The van der Waals surface area contributed by atoms with E-state index >= 15 is 0 Å². The molecule has 1 aromatic carbocycles. The van der Waals surface area contributed by atoms with E-state index in [0.717, 1.165) is 12.8 Å². The molecule has 19 heavy (non-hydrogen) atoms. The molecular formula is C14H22N4O. The number of para-hydroxylation sites is 1. The predicted octanol–water partition coefficient (Wildman–Crippen LogP) is 1.19. The highest BCUT2D eigenvalue weighted by atomic mass is 16.1. The Bertz CT molecular complexity index is 455. The molecule has 104 valence electrons. The van der Waals surface area contributed by atoms with Crippen LogP contribution in [0.2, 0.25) is 0 Å². The monoisotopic (exact) mass is 262 g/mol. The molecule has 0 aromatic heterocycles. The third-order valence-electron chi connectivity index (χ3n) is 4.14. The molecule has 0 radical (unpaired) electrons. The number of rotatable bonds is 5. The number of nitrogen functional groups attached to an aromatic ring is 1. The molecule has 0 bridgehead atoms. The fourth-order valence-corrected chi connectivity index (χ4v) is 2.51. The molecule has 1 saturated carbocycles. The summed E-state index contributed by atoms with van der Waals surface area (Å²) in [5, 5.41) is 3.02. The van der Waals surface area contributed by atoms with Gasteiger partial charge in [0.2, 0.25) is 0 Å². The van der Waals surface area contributed by atoms with E-state index in [-0.39, 0.29) is 11.4 Å². The Balaban J connectivity index is 2.01. The molecule has 0 atom stereocenters. The maximum absolute atomic E-state index is 12.2. The van der Waals surface area contributed by atoms with E-state index in [1.807, 2.05) is 12.1 Å². The topological polar surface area (TPSA) is 70.4 Å². The van der Waals surface area contributed by atoms with Crippen molar-refractivity contribution in [1.29, 1.82) is 0 Å². The van der Waals surface area contributed by atoms with Crippen LogP contribution in [0.5, 0.6) is 0 Å². The first-order chi connectivity index (χ1) is 9.09. The van der Waals surface area contributed by atoms with Crippen molar-refractivity contribution in [2.24, 2.45) is 5.84 Å². The largest absolute Gasteiger partial charge is 0.350 e. The minimum absolute atomic E-state index is 0.0818. The summed E-state index contributed by atoms with van der Waals surface area (Å²) in [5.74, 6) is 5.34. The lowest BCUT2D eigenvalue weighted by Gasteiger charge is -2.47. The summed E-state index contributed by atoms with van der Waals surface area (Å²) in [6.45, 7) is 0.678. The molecule has 0 saturated heterocycles. The van der Waals surface area contributed by atoms with Crippen LogP contribution in [-0.4, -0.2) is 37.0 Å². The number of hydrogen-bond donors (Lipinski definition) is 3. The van der Waals surface area contributed by atoms with Gasteiger partial charge in [-0.25, -0.2) is 0 Å². The van der Waals surface area contributed by atoms with Crippen LogP contribution in [0.15, 0.2) is 24.3 Å². The zero-order valence-corrected chi connectivity index (χ0v) is 11.6. The lowest BCUT2D eigenvalue weighted by atomic mass is 9.75. The van der Waals surface area contributed by atoms with Gasteiger partial charge in [0.05, 0.1) is 11.3 Å². The van der Waals surface area contributed by atoms with Crippen LogP contribution in [0.4, 0.5) is 5.69 Å². The number of hydrogen-bond acceptors (Lipinski definition) is 4.